The molecular weight excluding hydrogens is 355 g/mol. The molecule has 0 saturated heterocycles. The third-order valence-corrected chi connectivity index (χ3v) is 5.19. The monoisotopic (exact) mass is 369 g/mol. The number of benzene rings is 2. The molecule has 0 bridgehead atoms. The maximum Gasteiger partial charge on any atom is 0.501 e. The first-order chi connectivity index (χ1) is 11.7. The molecule has 25 heavy (non-hydrogen) atoms. The minimum atomic E-state index is -5.33. The van der Waals surface area contributed by atoms with Crippen LogP contribution in [-0.2, 0) is 16.4 Å². The van der Waals surface area contributed by atoms with Crippen molar-refractivity contribution in [2.75, 3.05) is 5.32 Å². The van der Waals surface area contributed by atoms with Gasteiger partial charge in [0.15, 0.2) is 0 Å². The molecule has 1 heterocycles. The molecule has 9 heteroatoms. The summed E-state index contributed by atoms with van der Waals surface area (Å²) in [5.74, 6) is 0.663. The van der Waals surface area contributed by atoms with E-state index in [1.807, 2.05) is 25.1 Å². The summed E-state index contributed by atoms with van der Waals surface area (Å²) in [6, 6.07) is 10.2. The Labute approximate surface area is 141 Å². The predicted molar refractivity (Wildman–Crippen MR) is 87.8 cm³/mol. The van der Waals surface area contributed by atoms with Crippen LogP contribution in [0.25, 0.3) is 11.0 Å². The second-order valence-corrected chi connectivity index (χ2v) is 7.42. The van der Waals surface area contributed by atoms with Gasteiger partial charge in [-0.05, 0) is 42.8 Å². The molecular formula is C16H14F3N3O2S. The topological polar surface area (TPSA) is 74.8 Å². The summed E-state index contributed by atoms with van der Waals surface area (Å²) in [6.45, 7) is 2.26. The lowest BCUT2D eigenvalue weighted by atomic mass is 10.2. The van der Waals surface area contributed by atoms with Crippen molar-refractivity contribution in [3.63, 3.8) is 0 Å². The van der Waals surface area contributed by atoms with Gasteiger partial charge in [-0.3, -0.25) is 0 Å². The zero-order chi connectivity index (χ0) is 18.2. The maximum absolute atomic E-state index is 12.5. The summed E-state index contributed by atoms with van der Waals surface area (Å²) in [6.07, 6.45) is 0. The number of sulfone groups is 1. The zero-order valence-electron chi connectivity index (χ0n) is 13.1. The molecule has 0 aliphatic heterocycles. The number of anilines is 1. The van der Waals surface area contributed by atoms with Crippen LogP contribution < -0.4 is 5.32 Å². The van der Waals surface area contributed by atoms with E-state index in [0.717, 1.165) is 28.7 Å². The minimum absolute atomic E-state index is 0.319. The first-order valence-corrected chi connectivity index (χ1v) is 8.76. The first-order valence-electron chi connectivity index (χ1n) is 7.28. The SMILES string of the molecule is Cc1cccc2[nH]c(CNc3ccc(S(=O)(=O)C(F)(F)F)cc3)nc12. The van der Waals surface area contributed by atoms with E-state index < -0.39 is 20.2 Å². The van der Waals surface area contributed by atoms with E-state index in [2.05, 4.69) is 15.3 Å². The fourth-order valence-electron chi connectivity index (χ4n) is 2.38. The van der Waals surface area contributed by atoms with Crippen LogP contribution in [0.4, 0.5) is 18.9 Å². The smallest absolute Gasteiger partial charge is 0.378 e. The van der Waals surface area contributed by atoms with E-state index in [9.17, 15) is 21.6 Å². The minimum Gasteiger partial charge on any atom is -0.378 e. The van der Waals surface area contributed by atoms with Crippen molar-refractivity contribution >= 4 is 26.6 Å². The Hall–Kier alpha value is -2.55. The van der Waals surface area contributed by atoms with Gasteiger partial charge in [0.25, 0.3) is 9.84 Å². The number of rotatable bonds is 4. The molecule has 0 spiro atoms. The molecule has 0 unspecified atom stereocenters. The van der Waals surface area contributed by atoms with Gasteiger partial charge in [-0.25, -0.2) is 13.4 Å². The molecule has 0 aliphatic carbocycles. The number of aromatic nitrogens is 2. The Kier molecular flexibility index (Phi) is 4.19. The normalized spacial score (nSPS) is 12.5. The van der Waals surface area contributed by atoms with Crippen molar-refractivity contribution in [2.24, 2.45) is 0 Å². The Morgan fingerprint density at radius 2 is 1.80 bits per heavy atom. The van der Waals surface area contributed by atoms with Gasteiger partial charge in [-0.2, -0.15) is 13.2 Å². The highest BCUT2D eigenvalue weighted by Crippen LogP contribution is 2.30. The number of H-pyrrole nitrogens is 1. The lowest BCUT2D eigenvalue weighted by Gasteiger charge is -2.09. The van der Waals surface area contributed by atoms with Gasteiger partial charge >= 0.3 is 5.51 Å². The van der Waals surface area contributed by atoms with Crippen molar-refractivity contribution in [3.8, 4) is 0 Å². The third kappa shape index (κ3) is 3.32. The van der Waals surface area contributed by atoms with Crippen LogP contribution in [0.2, 0.25) is 0 Å². The summed E-state index contributed by atoms with van der Waals surface area (Å²) >= 11 is 0. The van der Waals surface area contributed by atoms with Crippen LogP contribution in [0.3, 0.4) is 0 Å². The van der Waals surface area contributed by atoms with Gasteiger partial charge in [-0.1, -0.05) is 12.1 Å². The molecule has 3 aromatic rings. The fraction of sp³-hybridized carbons (Fsp3) is 0.188. The molecule has 0 aliphatic rings. The number of hydrogen-bond donors (Lipinski definition) is 2. The summed E-state index contributed by atoms with van der Waals surface area (Å²) < 4.78 is 60.2. The Morgan fingerprint density at radius 3 is 2.40 bits per heavy atom. The highest BCUT2D eigenvalue weighted by atomic mass is 32.2. The van der Waals surface area contributed by atoms with Gasteiger partial charge in [-0.15, -0.1) is 0 Å². The van der Waals surface area contributed by atoms with Crippen LogP contribution >= 0.6 is 0 Å². The van der Waals surface area contributed by atoms with E-state index in [-0.39, 0.29) is 0 Å². The number of nitrogens with one attached hydrogen (secondary N) is 2. The quantitative estimate of drug-likeness (QED) is 0.734. The Bertz CT molecular complexity index is 1010. The molecule has 2 N–H and O–H groups in total. The summed E-state index contributed by atoms with van der Waals surface area (Å²) in [4.78, 5) is 6.81. The number of hydrogen-bond acceptors (Lipinski definition) is 4. The average Bonchev–Trinajstić information content (AvgIpc) is 2.97. The van der Waals surface area contributed by atoms with Crippen molar-refractivity contribution in [1.29, 1.82) is 0 Å². The number of fused-ring (bicyclic) bond motifs is 1. The average molecular weight is 369 g/mol. The van der Waals surface area contributed by atoms with E-state index in [1.54, 1.807) is 0 Å². The van der Waals surface area contributed by atoms with Crippen LogP contribution in [0.5, 0.6) is 0 Å². The van der Waals surface area contributed by atoms with Gasteiger partial charge < -0.3 is 10.3 Å². The molecule has 1 aromatic heterocycles. The third-order valence-electron chi connectivity index (χ3n) is 3.69. The van der Waals surface area contributed by atoms with E-state index in [1.165, 1.54) is 12.1 Å². The van der Waals surface area contributed by atoms with Crippen molar-refractivity contribution < 1.29 is 21.6 Å². The molecule has 0 amide bonds. The van der Waals surface area contributed by atoms with Crippen molar-refractivity contribution in [3.05, 3.63) is 53.9 Å². The second-order valence-electron chi connectivity index (χ2n) is 5.48. The maximum atomic E-state index is 12.5. The summed E-state index contributed by atoms with van der Waals surface area (Å²) in [5, 5.41) is 2.99. The molecule has 0 fully saturated rings. The van der Waals surface area contributed by atoms with Gasteiger partial charge in [0, 0.05) is 5.69 Å². The van der Waals surface area contributed by atoms with E-state index in [0.29, 0.717) is 18.1 Å². The molecule has 0 radical (unpaired) electrons. The van der Waals surface area contributed by atoms with Gasteiger partial charge in [0.2, 0.25) is 0 Å². The predicted octanol–water partition coefficient (Wildman–Crippen LogP) is 3.78. The number of aryl methyl sites for hydroxylation is 1. The number of imidazole rings is 1. The summed E-state index contributed by atoms with van der Waals surface area (Å²) in [7, 11) is -5.33. The second kappa shape index (κ2) is 6.07. The van der Waals surface area contributed by atoms with Gasteiger partial charge in [0.1, 0.15) is 5.82 Å². The zero-order valence-corrected chi connectivity index (χ0v) is 13.9. The summed E-state index contributed by atoms with van der Waals surface area (Å²) in [5.41, 5.74) is -2.05. The molecule has 2 aromatic carbocycles. The fourth-order valence-corrected chi connectivity index (χ4v) is 3.14. The van der Waals surface area contributed by atoms with Crippen LogP contribution in [0.15, 0.2) is 47.4 Å². The molecule has 0 saturated carbocycles. The standard InChI is InChI=1S/C16H14F3N3O2S/c1-10-3-2-4-13-15(10)22-14(21-13)9-20-11-5-7-12(8-6-11)25(23,24)16(17,18)19/h2-8,20H,9H2,1H3,(H,21,22). The number of alkyl halides is 3. The Balaban J connectivity index is 1.74. The molecule has 3 rings (SSSR count). The van der Waals surface area contributed by atoms with Crippen LogP contribution in [0.1, 0.15) is 11.4 Å². The number of para-hydroxylation sites is 1. The van der Waals surface area contributed by atoms with E-state index in [4.69, 9.17) is 0 Å². The lowest BCUT2D eigenvalue weighted by Crippen LogP contribution is -2.23. The molecule has 5 nitrogen and oxygen atoms in total. The Morgan fingerprint density at radius 1 is 1.12 bits per heavy atom. The number of aromatic amines is 1. The highest BCUT2D eigenvalue weighted by Gasteiger charge is 2.46. The molecule has 0 atom stereocenters. The van der Waals surface area contributed by atoms with Crippen LogP contribution in [0, 0.1) is 6.92 Å². The first kappa shape index (κ1) is 17.3. The van der Waals surface area contributed by atoms with Crippen molar-refractivity contribution in [1.82, 2.24) is 9.97 Å². The number of nitrogens with zero attached hydrogens (tertiary/aromatic N) is 1. The number of halogens is 3. The van der Waals surface area contributed by atoms with Crippen molar-refractivity contribution in [2.45, 2.75) is 23.9 Å². The molecule has 132 valence electrons. The largest absolute Gasteiger partial charge is 0.501 e. The highest BCUT2D eigenvalue weighted by molar-refractivity contribution is 7.92. The lowest BCUT2D eigenvalue weighted by molar-refractivity contribution is -0.0436. The van der Waals surface area contributed by atoms with Crippen LogP contribution in [-0.4, -0.2) is 23.9 Å². The van der Waals surface area contributed by atoms with E-state index >= 15 is 0 Å². The van der Waals surface area contributed by atoms with Gasteiger partial charge in [0.05, 0.1) is 22.5 Å².